The van der Waals surface area contributed by atoms with Gasteiger partial charge in [0.1, 0.15) is 0 Å². The first-order valence-electron chi connectivity index (χ1n) is 9.30. The van der Waals surface area contributed by atoms with E-state index in [1.165, 1.54) is 17.4 Å². The van der Waals surface area contributed by atoms with Crippen molar-refractivity contribution in [1.82, 2.24) is 15.1 Å². The summed E-state index contributed by atoms with van der Waals surface area (Å²) in [6.45, 7) is 6.87. The molecule has 144 valence electrons. The average molecular weight is 380 g/mol. The van der Waals surface area contributed by atoms with Crippen LogP contribution in [0, 0.1) is 6.92 Å². The number of piperazine rings is 1. The molecule has 0 aliphatic carbocycles. The van der Waals surface area contributed by atoms with Gasteiger partial charge in [-0.3, -0.25) is 9.69 Å². The summed E-state index contributed by atoms with van der Waals surface area (Å²) in [4.78, 5) is 17.2. The molecule has 7 heteroatoms. The number of amides is 1. The highest BCUT2D eigenvalue weighted by Gasteiger charge is 2.50. The zero-order valence-electron chi connectivity index (χ0n) is 15.7. The Labute approximate surface area is 156 Å². The van der Waals surface area contributed by atoms with Crippen LogP contribution in [0.5, 0.6) is 0 Å². The lowest BCUT2D eigenvalue weighted by molar-refractivity contribution is -0.136. The number of benzene rings is 1. The number of hydrogen-bond donors (Lipinski definition) is 1. The zero-order valence-corrected chi connectivity index (χ0v) is 16.5. The first kappa shape index (κ1) is 19.3. The van der Waals surface area contributed by atoms with Crippen LogP contribution in [0.15, 0.2) is 24.3 Å². The Bertz CT molecular complexity index is 749. The molecular formula is C19H29N3O3S. The molecule has 6 nitrogen and oxygen atoms in total. The second-order valence-electron chi connectivity index (χ2n) is 7.51. The van der Waals surface area contributed by atoms with Gasteiger partial charge in [0.05, 0.1) is 0 Å². The Morgan fingerprint density at radius 1 is 1.12 bits per heavy atom. The fourth-order valence-corrected chi connectivity index (χ4v) is 5.39. The summed E-state index contributed by atoms with van der Waals surface area (Å²) in [6, 6.07) is 8.34. The highest BCUT2D eigenvalue weighted by atomic mass is 32.2. The minimum Gasteiger partial charge on any atom is -0.339 e. The van der Waals surface area contributed by atoms with Gasteiger partial charge in [0, 0.05) is 39.0 Å². The Morgan fingerprint density at radius 3 is 2.31 bits per heavy atom. The Balaban J connectivity index is 1.65. The summed E-state index contributed by atoms with van der Waals surface area (Å²) in [5, 5.41) is 3.17. The van der Waals surface area contributed by atoms with Gasteiger partial charge in [-0.25, -0.2) is 8.42 Å². The average Bonchev–Trinajstić information content (AvgIpc) is 2.63. The lowest BCUT2D eigenvalue weighted by Crippen LogP contribution is -2.61. The summed E-state index contributed by atoms with van der Waals surface area (Å²) in [5.74, 6) is -0.197. The minimum absolute atomic E-state index is 0.197. The van der Waals surface area contributed by atoms with E-state index >= 15 is 0 Å². The number of nitrogens with one attached hydrogen (secondary N) is 1. The third-order valence-corrected chi connectivity index (χ3v) is 7.83. The monoisotopic (exact) mass is 379 g/mol. The molecule has 1 N–H and O–H groups in total. The van der Waals surface area contributed by atoms with Gasteiger partial charge in [0.2, 0.25) is 5.91 Å². The molecule has 0 saturated carbocycles. The largest absolute Gasteiger partial charge is 0.339 e. The third-order valence-electron chi connectivity index (χ3n) is 5.83. The summed E-state index contributed by atoms with van der Waals surface area (Å²) in [6.07, 6.45) is 1.95. The van der Waals surface area contributed by atoms with Crippen LogP contribution in [0.4, 0.5) is 0 Å². The van der Waals surface area contributed by atoms with Crippen LogP contribution in [0.2, 0.25) is 0 Å². The van der Waals surface area contributed by atoms with Gasteiger partial charge < -0.3 is 10.2 Å². The van der Waals surface area contributed by atoms with Crippen molar-refractivity contribution in [2.75, 3.05) is 45.5 Å². The number of nitrogens with zero attached hydrogens (tertiary/aromatic N) is 2. The summed E-state index contributed by atoms with van der Waals surface area (Å²) < 4.78 is 23.7. The lowest BCUT2D eigenvalue weighted by Gasteiger charge is -2.42. The molecule has 0 spiro atoms. The summed E-state index contributed by atoms with van der Waals surface area (Å²) >= 11 is 0. The van der Waals surface area contributed by atoms with Gasteiger partial charge in [-0.2, -0.15) is 0 Å². The second kappa shape index (κ2) is 7.66. The standard InChI is InChI=1S/C19H29N3O3S/c1-16-5-3-4-6-17(16)15-21-11-13-22(14-12-21)18(23)19(26(2,24)25)7-9-20-10-8-19/h3-6,20H,7-15H2,1-2H3. The predicted octanol–water partition coefficient (Wildman–Crippen LogP) is 0.806. The van der Waals surface area contributed by atoms with Crippen molar-refractivity contribution in [3.63, 3.8) is 0 Å². The Kier molecular flexibility index (Phi) is 5.69. The predicted molar refractivity (Wildman–Crippen MR) is 103 cm³/mol. The highest BCUT2D eigenvalue weighted by Crippen LogP contribution is 2.30. The maximum absolute atomic E-state index is 13.1. The van der Waals surface area contributed by atoms with Crippen LogP contribution < -0.4 is 5.32 Å². The van der Waals surface area contributed by atoms with Crippen molar-refractivity contribution in [1.29, 1.82) is 0 Å². The van der Waals surface area contributed by atoms with E-state index in [-0.39, 0.29) is 5.91 Å². The van der Waals surface area contributed by atoms with E-state index in [1.807, 2.05) is 6.07 Å². The van der Waals surface area contributed by atoms with Crippen LogP contribution >= 0.6 is 0 Å². The molecule has 1 aromatic rings. The number of piperidine rings is 1. The van der Waals surface area contributed by atoms with Crippen LogP contribution in [-0.4, -0.2) is 74.4 Å². The van der Waals surface area contributed by atoms with E-state index in [0.717, 1.165) is 19.6 Å². The number of hydrogen-bond acceptors (Lipinski definition) is 5. The minimum atomic E-state index is -3.45. The molecule has 0 bridgehead atoms. The van der Waals surface area contributed by atoms with Crippen molar-refractivity contribution in [3.8, 4) is 0 Å². The van der Waals surface area contributed by atoms with Gasteiger partial charge in [-0.1, -0.05) is 24.3 Å². The van der Waals surface area contributed by atoms with E-state index < -0.39 is 14.6 Å². The first-order chi connectivity index (χ1) is 12.3. The van der Waals surface area contributed by atoms with Gasteiger partial charge in [0.25, 0.3) is 0 Å². The molecule has 1 amide bonds. The molecule has 1 aromatic carbocycles. The van der Waals surface area contributed by atoms with E-state index in [1.54, 1.807) is 4.90 Å². The summed E-state index contributed by atoms with van der Waals surface area (Å²) in [7, 11) is -3.45. The normalized spacial score (nSPS) is 21.5. The molecule has 2 saturated heterocycles. The van der Waals surface area contributed by atoms with Crippen molar-refractivity contribution in [2.24, 2.45) is 0 Å². The van der Waals surface area contributed by atoms with Gasteiger partial charge in [0.15, 0.2) is 14.6 Å². The van der Waals surface area contributed by atoms with Crippen LogP contribution in [0.3, 0.4) is 0 Å². The topological polar surface area (TPSA) is 69.7 Å². The fraction of sp³-hybridized carbons (Fsp3) is 0.632. The molecular weight excluding hydrogens is 350 g/mol. The fourth-order valence-electron chi connectivity index (χ4n) is 4.00. The van der Waals surface area contributed by atoms with E-state index in [2.05, 4.69) is 35.3 Å². The van der Waals surface area contributed by atoms with Crippen molar-refractivity contribution < 1.29 is 13.2 Å². The summed E-state index contributed by atoms with van der Waals surface area (Å²) in [5.41, 5.74) is 2.58. The molecule has 0 radical (unpaired) electrons. The molecule has 3 rings (SSSR count). The van der Waals surface area contributed by atoms with Crippen LogP contribution in [0.25, 0.3) is 0 Å². The first-order valence-corrected chi connectivity index (χ1v) is 11.2. The molecule has 0 unspecified atom stereocenters. The van der Waals surface area contributed by atoms with E-state index in [4.69, 9.17) is 0 Å². The van der Waals surface area contributed by atoms with Gasteiger partial charge >= 0.3 is 0 Å². The van der Waals surface area contributed by atoms with Crippen molar-refractivity contribution >= 4 is 15.7 Å². The Morgan fingerprint density at radius 2 is 1.73 bits per heavy atom. The molecule has 2 aliphatic heterocycles. The van der Waals surface area contributed by atoms with E-state index in [9.17, 15) is 13.2 Å². The van der Waals surface area contributed by atoms with Crippen molar-refractivity contribution in [3.05, 3.63) is 35.4 Å². The molecule has 2 aliphatic rings. The molecule has 2 fully saturated rings. The molecule has 0 aromatic heterocycles. The van der Waals surface area contributed by atoms with Crippen molar-refractivity contribution in [2.45, 2.75) is 31.1 Å². The number of carbonyl (C=O) groups excluding carboxylic acids is 1. The molecule has 2 heterocycles. The van der Waals surface area contributed by atoms with Crippen LogP contribution in [-0.2, 0) is 21.2 Å². The van der Waals surface area contributed by atoms with Gasteiger partial charge in [-0.15, -0.1) is 0 Å². The Hall–Kier alpha value is -1.44. The molecule has 26 heavy (non-hydrogen) atoms. The zero-order chi connectivity index (χ0) is 18.8. The third kappa shape index (κ3) is 3.80. The van der Waals surface area contributed by atoms with E-state index in [0.29, 0.717) is 39.0 Å². The second-order valence-corrected chi connectivity index (χ2v) is 9.84. The smallest absolute Gasteiger partial charge is 0.244 e. The molecule has 0 atom stereocenters. The van der Waals surface area contributed by atoms with Gasteiger partial charge in [-0.05, 0) is 44.0 Å². The highest BCUT2D eigenvalue weighted by molar-refractivity contribution is 7.92. The quantitative estimate of drug-likeness (QED) is 0.838. The maximum atomic E-state index is 13.1. The number of sulfone groups is 1. The number of aryl methyl sites for hydroxylation is 1. The number of rotatable bonds is 4. The number of carbonyl (C=O) groups is 1. The maximum Gasteiger partial charge on any atom is 0.244 e. The SMILES string of the molecule is Cc1ccccc1CN1CCN(C(=O)C2(S(C)(=O)=O)CCNCC2)CC1. The lowest BCUT2D eigenvalue weighted by atomic mass is 9.94. The van der Waals surface area contributed by atoms with Crippen LogP contribution in [0.1, 0.15) is 24.0 Å².